The highest BCUT2D eigenvalue weighted by molar-refractivity contribution is 14.0. The number of nitrogens with zero attached hydrogens (tertiary/aromatic N) is 4. The zero-order valence-electron chi connectivity index (χ0n) is 12.7. The van der Waals surface area contributed by atoms with Crippen LogP contribution in [0.1, 0.15) is 5.82 Å². The second kappa shape index (κ2) is 10.1. The smallest absolute Gasteiger partial charge is 0.191 e. The van der Waals surface area contributed by atoms with Gasteiger partial charge in [-0.25, -0.2) is 0 Å². The first-order valence-electron chi connectivity index (χ1n) is 6.73. The summed E-state index contributed by atoms with van der Waals surface area (Å²) in [5.74, 6) is 1.52. The second-order valence-electron chi connectivity index (χ2n) is 4.30. The van der Waals surface area contributed by atoms with E-state index in [0.717, 1.165) is 11.5 Å². The maximum absolute atomic E-state index is 4.99. The predicted molar refractivity (Wildman–Crippen MR) is 96.9 cm³/mol. The van der Waals surface area contributed by atoms with Gasteiger partial charge in [0.05, 0.1) is 13.2 Å². The molecule has 8 heteroatoms. The van der Waals surface area contributed by atoms with Crippen LogP contribution >= 0.6 is 24.0 Å². The van der Waals surface area contributed by atoms with Crippen LogP contribution in [-0.2, 0) is 11.3 Å². The highest BCUT2D eigenvalue weighted by Crippen LogP contribution is 2.08. The van der Waals surface area contributed by atoms with E-state index in [2.05, 4.69) is 25.8 Å². The van der Waals surface area contributed by atoms with Crippen LogP contribution in [0.3, 0.4) is 0 Å². The van der Waals surface area contributed by atoms with Gasteiger partial charge >= 0.3 is 0 Å². The second-order valence-corrected chi connectivity index (χ2v) is 4.30. The molecule has 0 saturated heterocycles. The highest BCUT2D eigenvalue weighted by Gasteiger charge is 2.06. The normalized spacial score (nSPS) is 10.9. The number of hydrogen-bond acceptors (Lipinski definition) is 4. The number of methoxy groups -OCH3 is 1. The molecule has 0 radical (unpaired) electrons. The first-order chi connectivity index (χ1) is 10.3. The molecule has 22 heavy (non-hydrogen) atoms. The van der Waals surface area contributed by atoms with Crippen molar-refractivity contribution in [2.45, 2.75) is 6.54 Å². The van der Waals surface area contributed by atoms with Crippen molar-refractivity contribution in [3.05, 3.63) is 42.5 Å². The van der Waals surface area contributed by atoms with E-state index < -0.39 is 0 Å². The van der Waals surface area contributed by atoms with Crippen LogP contribution in [0.5, 0.6) is 0 Å². The Kier molecular flexibility index (Phi) is 8.44. The Morgan fingerprint density at radius 2 is 2.05 bits per heavy atom. The number of rotatable bonds is 6. The third-order valence-corrected chi connectivity index (χ3v) is 2.89. The minimum Gasteiger partial charge on any atom is -0.383 e. The number of guanidine groups is 1. The van der Waals surface area contributed by atoms with Crippen molar-refractivity contribution in [2.24, 2.45) is 4.99 Å². The molecule has 0 aliphatic carbocycles. The molecule has 0 amide bonds. The van der Waals surface area contributed by atoms with Crippen molar-refractivity contribution in [1.82, 2.24) is 25.4 Å². The van der Waals surface area contributed by atoms with Gasteiger partial charge in [0.15, 0.2) is 11.8 Å². The Morgan fingerprint density at radius 1 is 1.27 bits per heavy atom. The highest BCUT2D eigenvalue weighted by atomic mass is 127. The van der Waals surface area contributed by atoms with E-state index in [1.165, 1.54) is 0 Å². The molecule has 7 nitrogen and oxygen atoms in total. The quantitative estimate of drug-likeness (QED) is 0.320. The molecule has 0 atom stereocenters. The largest absolute Gasteiger partial charge is 0.383 e. The number of nitrogens with one attached hydrogen (secondary N) is 2. The molecule has 1 aromatic heterocycles. The van der Waals surface area contributed by atoms with Crippen molar-refractivity contribution in [2.75, 3.05) is 27.3 Å². The van der Waals surface area contributed by atoms with E-state index in [1.807, 2.05) is 34.9 Å². The minimum atomic E-state index is 0. The van der Waals surface area contributed by atoms with Crippen molar-refractivity contribution < 1.29 is 4.74 Å². The summed E-state index contributed by atoms with van der Waals surface area (Å²) in [6, 6.07) is 9.97. The number of aromatic nitrogens is 3. The van der Waals surface area contributed by atoms with Crippen LogP contribution < -0.4 is 10.6 Å². The molecule has 1 aromatic carbocycles. The van der Waals surface area contributed by atoms with Gasteiger partial charge in [0.2, 0.25) is 0 Å². The third kappa shape index (κ3) is 5.26. The molecule has 2 N–H and O–H groups in total. The zero-order chi connectivity index (χ0) is 14.9. The zero-order valence-corrected chi connectivity index (χ0v) is 15.0. The van der Waals surface area contributed by atoms with Crippen molar-refractivity contribution >= 4 is 29.9 Å². The summed E-state index contributed by atoms with van der Waals surface area (Å²) in [5.41, 5.74) is 1.03. The van der Waals surface area contributed by atoms with E-state index in [4.69, 9.17) is 4.74 Å². The Balaban J connectivity index is 0.00000242. The van der Waals surface area contributed by atoms with Gasteiger partial charge in [-0.15, -0.1) is 34.2 Å². The van der Waals surface area contributed by atoms with Crippen LogP contribution in [0.2, 0.25) is 0 Å². The van der Waals surface area contributed by atoms with Crippen LogP contribution in [0.4, 0.5) is 0 Å². The Labute approximate surface area is 147 Å². The number of benzene rings is 1. The molecular weight excluding hydrogens is 395 g/mol. The van der Waals surface area contributed by atoms with Gasteiger partial charge in [-0.2, -0.15) is 0 Å². The molecule has 2 aromatic rings. The van der Waals surface area contributed by atoms with E-state index in [0.29, 0.717) is 25.7 Å². The van der Waals surface area contributed by atoms with Gasteiger partial charge in [-0.05, 0) is 12.1 Å². The molecule has 0 aliphatic rings. The lowest BCUT2D eigenvalue weighted by Crippen LogP contribution is -2.38. The summed E-state index contributed by atoms with van der Waals surface area (Å²) in [5, 5.41) is 14.5. The summed E-state index contributed by atoms with van der Waals surface area (Å²) in [7, 11) is 3.39. The fourth-order valence-corrected chi connectivity index (χ4v) is 1.84. The topological polar surface area (TPSA) is 76.4 Å². The Bertz CT molecular complexity index is 572. The number of aliphatic imine (C=N–C) groups is 1. The molecule has 0 spiro atoms. The van der Waals surface area contributed by atoms with Gasteiger partial charge in [0, 0.05) is 26.4 Å². The van der Waals surface area contributed by atoms with E-state index in [-0.39, 0.29) is 24.0 Å². The van der Waals surface area contributed by atoms with Crippen LogP contribution in [0.25, 0.3) is 5.69 Å². The maximum Gasteiger partial charge on any atom is 0.191 e. The summed E-state index contributed by atoms with van der Waals surface area (Å²) < 4.78 is 6.93. The van der Waals surface area contributed by atoms with Gasteiger partial charge < -0.3 is 15.4 Å². The van der Waals surface area contributed by atoms with Gasteiger partial charge in [0.1, 0.15) is 6.33 Å². The number of para-hydroxylation sites is 1. The number of hydrogen-bond donors (Lipinski definition) is 2. The van der Waals surface area contributed by atoms with Crippen molar-refractivity contribution in [3.63, 3.8) is 0 Å². The molecule has 0 bridgehead atoms. The average Bonchev–Trinajstić information content (AvgIpc) is 3.00. The lowest BCUT2D eigenvalue weighted by atomic mass is 10.3. The molecule has 0 aliphatic heterocycles. The van der Waals surface area contributed by atoms with E-state index >= 15 is 0 Å². The van der Waals surface area contributed by atoms with Gasteiger partial charge in [0.25, 0.3) is 0 Å². The lowest BCUT2D eigenvalue weighted by molar-refractivity contribution is 0.203. The summed E-state index contributed by atoms with van der Waals surface area (Å²) in [4.78, 5) is 4.14. The van der Waals surface area contributed by atoms with Crippen molar-refractivity contribution in [3.8, 4) is 5.69 Å². The number of ether oxygens (including phenoxy) is 1. The molecule has 0 saturated carbocycles. The molecule has 0 fully saturated rings. The van der Waals surface area contributed by atoms with Crippen molar-refractivity contribution in [1.29, 1.82) is 0 Å². The Morgan fingerprint density at radius 3 is 2.73 bits per heavy atom. The molecular formula is C14H21IN6O. The predicted octanol–water partition coefficient (Wildman–Crippen LogP) is 1.20. The van der Waals surface area contributed by atoms with E-state index in [1.54, 1.807) is 20.5 Å². The molecule has 1 heterocycles. The van der Waals surface area contributed by atoms with Gasteiger partial charge in [-0.1, -0.05) is 18.2 Å². The van der Waals surface area contributed by atoms with Crippen LogP contribution in [0.15, 0.2) is 41.7 Å². The minimum absolute atomic E-state index is 0. The lowest BCUT2D eigenvalue weighted by Gasteiger charge is -2.12. The summed E-state index contributed by atoms with van der Waals surface area (Å²) in [6.45, 7) is 1.85. The molecule has 0 unspecified atom stereocenters. The standard InChI is InChI=1S/C14H20N6O.HI/c1-15-14(16-8-9-21-2)17-10-13-19-18-11-20(13)12-6-4-3-5-7-12;/h3-7,11H,8-10H2,1-2H3,(H2,15,16,17);1H. The first kappa shape index (κ1) is 18.4. The third-order valence-electron chi connectivity index (χ3n) is 2.89. The SMILES string of the molecule is CN=C(NCCOC)NCc1nncn1-c1ccccc1.I. The fraction of sp³-hybridized carbons (Fsp3) is 0.357. The summed E-state index contributed by atoms with van der Waals surface area (Å²) >= 11 is 0. The monoisotopic (exact) mass is 416 g/mol. The van der Waals surface area contributed by atoms with Crippen LogP contribution in [0, 0.1) is 0 Å². The maximum atomic E-state index is 4.99. The molecule has 2 rings (SSSR count). The summed E-state index contributed by atoms with van der Waals surface area (Å²) in [6.07, 6.45) is 1.70. The Hall–Kier alpha value is -1.68. The van der Waals surface area contributed by atoms with Gasteiger partial charge in [-0.3, -0.25) is 9.56 Å². The van der Waals surface area contributed by atoms with Crippen LogP contribution in [-0.4, -0.2) is 48.0 Å². The molecule has 120 valence electrons. The van der Waals surface area contributed by atoms with E-state index in [9.17, 15) is 0 Å². The fourth-order valence-electron chi connectivity index (χ4n) is 1.84. The first-order valence-corrected chi connectivity index (χ1v) is 6.73. The average molecular weight is 416 g/mol. The number of halogens is 1.